The molecule has 1 aromatic rings. The van der Waals surface area contributed by atoms with Gasteiger partial charge in [-0.1, -0.05) is 86.0 Å². The van der Waals surface area contributed by atoms with Gasteiger partial charge in [0.05, 0.1) is 31.8 Å². The standard InChI is InChI=1S/C41H70N6O4/c1-13-20-46(12)40(11,26(4)5)23-51-33-30(47-44-35(42)43-45-47)21-36(7)22-50-24-41(33)29-16-17-39(10)32(34(48)49)37(8,27(6)25(2)3)18-19-38(39,9)28(29)14-15-31(36)41/h16,25-28,30-33H,13-15,17-24H2,1-12H3,(H2,42,44)(H,48,49)/t27-,28+,30-,31-,32-,33+,36-,37-,38-,39+,40+,41+/m1/s1. The van der Waals surface area contributed by atoms with E-state index in [0.717, 1.165) is 51.5 Å². The highest BCUT2D eigenvalue weighted by Crippen LogP contribution is 2.75. The van der Waals surface area contributed by atoms with Gasteiger partial charge in [-0.2, -0.15) is 4.80 Å². The van der Waals surface area contributed by atoms with Gasteiger partial charge in [0.15, 0.2) is 0 Å². The van der Waals surface area contributed by atoms with Gasteiger partial charge in [-0.25, -0.2) is 0 Å². The average Bonchev–Trinajstić information content (AvgIpc) is 3.49. The summed E-state index contributed by atoms with van der Waals surface area (Å²) in [6, 6.07) is -0.165. The predicted octanol–water partition coefficient (Wildman–Crippen LogP) is 7.53. The summed E-state index contributed by atoms with van der Waals surface area (Å²) in [7, 11) is 2.23. The molecule has 4 fully saturated rings. The van der Waals surface area contributed by atoms with E-state index in [4.69, 9.17) is 15.2 Å². The van der Waals surface area contributed by atoms with E-state index < -0.39 is 22.7 Å². The van der Waals surface area contributed by atoms with E-state index in [1.54, 1.807) is 4.80 Å². The zero-order chi connectivity index (χ0) is 37.5. The molecule has 0 radical (unpaired) electrons. The third-order valence-corrected chi connectivity index (χ3v) is 17.0. The van der Waals surface area contributed by atoms with Crippen LogP contribution >= 0.6 is 0 Å². The molecule has 0 aromatic carbocycles. The fraction of sp³-hybridized carbons (Fsp3) is 0.902. The molecule has 1 saturated heterocycles. The normalized spacial score (nSPS) is 42.5. The van der Waals surface area contributed by atoms with Gasteiger partial charge in [-0.15, -0.1) is 5.10 Å². The van der Waals surface area contributed by atoms with E-state index in [0.29, 0.717) is 43.5 Å². The number of ether oxygens (including phenoxy) is 2. The summed E-state index contributed by atoms with van der Waals surface area (Å²) in [5.41, 5.74) is 6.02. The van der Waals surface area contributed by atoms with Gasteiger partial charge in [0.1, 0.15) is 6.04 Å². The van der Waals surface area contributed by atoms with Gasteiger partial charge in [0.2, 0.25) is 0 Å². The number of hydrogen-bond donors (Lipinski definition) is 2. The van der Waals surface area contributed by atoms with Gasteiger partial charge in [0, 0.05) is 11.0 Å². The number of allylic oxidation sites excluding steroid dienone is 1. The van der Waals surface area contributed by atoms with Crippen molar-refractivity contribution in [2.45, 2.75) is 139 Å². The molecule has 3 saturated carbocycles. The van der Waals surface area contributed by atoms with E-state index >= 15 is 0 Å². The minimum Gasteiger partial charge on any atom is -0.481 e. The second kappa shape index (κ2) is 13.1. The third-order valence-electron chi connectivity index (χ3n) is 17.0. The Kier molecular flexibility index (Phi) is 9.91. The summed E-state index contributed by atoms with van der Waals surface area (Å²) in [4.78, 5) is 17.8. The van der Waals surface area contributed by atoms with Crippen LogP contribution in [0.25, 0.3) is 0 Å². The van der Waals surface area contributed by atoms with E-state index in [9.17, 15) is 9.90 Å². The van der Waals surface area contributed by atoms with Crippen LogP contribution in [-0.2, 0) is 14.3 Å². The second-order valence-corrected chi connectivity index (χ2v) is 19.8. The number of anilines is 1. The molecule has 0 unspecified atom stereocenters. The minimum atomic E-state index is -0.631. The molecule has 12 atom stereocenters. The van der Waals surface area contributed by atoms with Crippen LogP contribution in [0.2, 0.25) is 0 Å². The van der Waals surface area contributed by atoms with Crippen molar-refractivity contribution in [3.05, 3.63) is 11.6 Å². The number of carbonyl (C=O) groups is 1. The number of aromatic nitrogens is 4. The van der Waals surface area contributed by atoms with Gasteiger partial charge in [-0.05, 0) is 122 Å². The Balaban J connectivity index is 1.51. The lowest BCUT2D eigenvalue weighted by atomic mass is 9.34. The Morgan fingerprint density at radius 3 is 2.43 bits per heavy atom. The van der Waals surface area contributed by atoms with Crippen molar-refractivity contribution < 1.29 is 19.4 Å². The molecular formula is C41H70N6O4. The third kappa shape index (κ3) is 5.48. The molecule has 10 nitrogen and oxygen atoms in total. The molecule has 0 spiro atoms. The topological polar surface area (TPSA) is 129 Å². The largest absolute Gasteiger partial charge is 0.481 e. The summed E-state index contributed by atoms with van der Waals surface area (Å²) in [5.74, 6) is 0.782. The second-order valence-electron chi connectivity index (χ2n) is 19.8. The van der Waals surface area contributed by atoms with Crippen LogP contribution in [0.4, 0.5) is 5.95 Å². The number of nitrogen functional groups attached to an aromatic ring is 1. The number of likely N-dealkylation sites (N-methyl/N-ethyl adjacent to an activating group) is 1. The Hall–Kier alpha value is -2.04. The highest BCUT2D eigenvalue weighted by atomic mass is 16.5. The first-order valence-corrected chi connectivity index (χ1v) is 20.2. The van der Waals surface area contributed by atoms with E-state index in [1.807, 2.05) is 0 Å². The van der Waals surface area contributed by atoms with E-state index in [2.05, 4.69) is 110 Å². The predicted molar refractivity (Wildman–Crippen MR) is 201 cm³/mol. The lowest BCUT2D eigenvalue weighted by Gasteiger charge is -2.71. The molecule has 0 amide bonds. The number of carboxylic acid groups (broad SMARTS) is 1. The Morgan fingerprint density at radius 2 is 1.84 bits per heavy atom. The molecule has 288 valence electrons. The minimum absolute atomic E-state index is 0.111. The molecule has 4 aliphatic carbocycles. The van der Waals surface area contributed by atoms with Crippen LogP contribution < -0.4 is 5.73 Å². The van der Waals surface area contributed by atoms with Crippen LogP contribution in [0.15, 0.2) is 11.6 Å². The van der Waals surface area contributed by atoms with Crippen molar-refractivity contribution in [2.75, 3.05) is 39.1 Å². The van der Waals surface area contributed by atoms with Crippen molar-refractivity contribution in [1.29, 1.82) is 0 Å². The van der Waals surface area contributed by atoms with Crippen molar-refractivity contribution in [2.24, 2.45) is 62.6 Å². The van der Waals surface area contributed by atoms with Crippen LogP contribution in [-0.4, -0.2) is 81.2 Å². The Labute approximate surface area is 308 Å². The lowest BCUT2D eigenvalue weighted by Crippen LogP contribution is -2.70. The molecule has 1 aromatic heterocycles. The fourth-order valence-corrected chi connectivity index (χ4v) is 13.0. The number of nitrogens with zero attached hydrogens (tertiary/aromatic N) is 5. The summed E-state index contributed by atoms with van der Waals surface area (Å²) < 4.78 is 14.3. The molecule has 1 aliphatic heterocycles. The monoisotopic (exact) mass is 711 g/mol. The molecule has 51 heavy (non-hydrogen) atoms. The van der Waals surface area contributed by atoms with Gasteiger partial charge in [-0.3, -0.25) is 9.69 Å². The van der Waals surface area contributed by atoms with Crippen molar-refractivity contribution in [1.82, 2.24) is 25.1 Å². The van der Waals surface area contributed by atoms with Crippen molar-refractivity contribution >= 4 is 11.9 Å². The molecule has 10 heteroatoms. The zero-order valence-corrected chi connectivity index (χ0v) is 34.0. The highest BCUT2D eigenvalue weighted by molar-refractivity contribution is 5.73. The zero-order valence-electron chi connectivity index (χ0n) is 34.0. The number of rotatable bonds is 11. The van der Waals surface area contributed by atoms with Crippen LogP contribution in [0, 0.1) is 62.6 Å². The lowest BCUT2D eigenvalue weighted by molar-refractivity contribution is -0.258. The number of carboxylic acids is 1. The number of aliphatic carboxylic acids is 1. The van der Waals surface area contributed by atoms with Crippen molar-refractivity contribution in [3.8, 4) is 0 Å². The smallest absolute Gasteiger partial charge is 0.307 e. The van der Waals surface area contributed by atoms with E-state index in [1.165, 1.54) is 5.57 Å². The van der Waals surface area contributed by atoms with Crippen LogP contribution in [0.3, 0.4) is 0 Å². The number of fused-ring (bicyclic) bond motifs is 3. The first-order chi connectivity index (χ1) is 23.8. The molecule has 3 N–H and O–H groups in total. The van der Waals surface area contributed by atoms with Crippen LogP contribution in [0.5, 0.6) is 0 Å². The highest BCUT2D eigenvalue weighted by Gasteiger charge is 2.73. The quantitative estimate of drug-likeness (QED) is 0.224. The summed E-state index contributed by atoms with van der Waals surface area (Å²) in [5, 5.41) is 24.5. The Morgan fingerprint density at radius 1 is 1.14 bits per heavy atom. The summed E-state index contributed by atoms with van der Waals surface area (Å²) in [6.07, 6.45) is 8.96. The van der Waals surface area contributed by atoms with E-state index in [-0.39, 0.29) is 45.8 Å². The fourth-order valence-electron chi connectivity index (χ4n) is 13.0. The number of nitrogens with two attached hydrogens (primary N) is 1. The van der Waals surface area contributed by atoms with Crippen LogP contribution in [0.1, 0.15) is 127 Å². The average molecular weight is 711 g/mol. The first kappa shape index (κ1) is 38.7. The maximum absolute atomic E-state index is 13.6. The van der Waals surface area contributed by atoms with Gasteiger partial charge >= 0.3 is 5.97 Å². The Bertz CT molecular complexity index is 1500. The molecular weight excluding hydrogens is 640 g/mol. The maximum Gasteiger partial charge on any atom is 0.307 e. The summed E-state index contributed by atoms with van der Waals surface area (Å²) in [6.45, 7) is 28.3. The first-order valence-electron chi connectivity index (χ1n) is 20.2. The van der Waals surface area contributed by atoms with Gasteiger partial charge in [0.25, 0.3) is 5.95 Å². The van der Waals surface area contributed by atoms with Gasteiger partial charge < -0.3 is 20.3 Å². The number of tetrazole rings is 1. The molecule has 2 heterocycles. The summed E-state index contributed by atoms with van der Waals surface area (Å²) >= 11 is 0. The SMILES string of the molecule is CCCN(C)[C@@](C)(CO[C@H]1[C@H](n2nnc(N)n2)C[C@]2(C)COC[C@@]13C1=CC[C@@]4(C)[C@H](C(=O)O)[C@@](C)([C@H](C)C(C)C)CC[C@]4(C)[C@H]1CC[C@H]23)C(C)C. The molecule has 2 bridgehead atoms. The maximum atomic E-state index is 13.6. The molecule has 5 aliphatic rings. The number of hydrogen-bond acceptors (Lipinski definition) is 8. The van der Waals surface area contributed by atoms with Crippen molar-refractivity contribution in [3.63, 3.8) is 0 Å². The molecule has 6 rings (SSSR count).